The van der Waals surface area contributed by atoms with Gasteiger partial charge in [0.1, 0.15) is 11.5 Å². The molecular formula is C20H27ClN4O. The predicted molar refractivity (Wildman–Crippen MR) is 107 cm³/mol. The number of hydrogen-bond donors (Lipinski definition) is 2. The summed E-state index contributed by atoms with van der Waals surface area (Å²) in [5, 5.41) is 3.67. The molecule has 3 unspecified atom stereocenters. The summed E-state index contributed by atoms with van der Waals surface area (Å²) in [6.45, 7) is 3.38. The molecule has 0 spiro atoms. The molecule has 26 heavy (non-hydrogen) atoms. The molecule has 4 rings (SSSR count). The smallest absolute Gasteiger partial charge is 0.109 e. The number of piperidine rings is 1. The summed E-state index contributed by atoms with van der Waals surface area (Å²) in [4.78, 5) is 12.3. The maximum atomic E-state index is 4.59. The molecule has 1 saturated heterocycles. The van der Waals surface area contributed by atoms with Gasteiger partial charge in [-0.25, -0.2) is 4.98 Å². The molecule has 0 saturated carbocycles. The van der Waals surface area contributed by atoms with Gasteiger partial charge in [-0.3, -0.25) is 4.98 Å². The van der Waals surface area contributed by atoms with Gasteiger partial charge < -0.3 is 15.8 Å². The highest BCUT2D eigenvalue weighted by molar-refractivity contribution is 5.85. The number of nitrogens with one attached hydrogen (secondary N) is 2. The molecule has 0 amide bonds. The van der Waals surface area contributed by atoms with Gasteiger partial charge in [0.05, 0.1) is 11.9 Å². The molecule has 1 aromatic carbocycles. The minimum absolute atomic E-state index is 0. The zero-order chi connectivity index (χ0) is 16.4. The highest BCUT2D eigenvalue weighted by Gasteiger charge is 2.25. The molecule has 0 bridgehead atoms. The monoisotopic (exact) mass is 374 g/mol. The predicted octanol–water partition coefficient (Wildman–Crippen LogP) is 3.74. The fourth-order valence-corrected chi connectivity index (χ4v) is 3.87. The van der Waals surface area contributed by atoms with Crippen LogP contribution in [0.15, 0.2) is 48.8 Å². The van der Waals surface area contributed by atoms with Gasteiger partial charge in [-0.1, -0.05) is 37.3 Å². The van der Waals surface area contributed by atoms with E-state index in [0.29, 0.717) is 12.0 Å². The van der Waals surface area contributed by atoms with Gasteiger partial charge in [0.15, 0.2) is 0 Å². The van der Waals surface area contributed by atoms with Gasteiger partial charge in [-0.05, 0) is 43.4 Å². The number of rotatable bonds is 4. The molecular weight excluding hydrogens is 348 g/mol. The minimum Gasteiger partial charge on any atom is -0.412 e. The van der Waals surface area contributed by atoms with Crippen molar-refractivity contribution in [3.8, 4) is 11.4 Å². The highest BCUT2D eigenvalue weighted by atomic mass is 35.5. The first-order chi connectivity index (χ1) is 11.8. The first-order valence-corrected chi connectivity index (χ1v) is 8.87. The van der Waals surface area contributed by atoms with Crippen LogP contribution in [0.5, 0.6) is 0 Å². The van der Waals surface area contributed by atoms with Gasteiger partial charge >= 0.3 is 0 Å². The Morgan fingerprint density at radius 3 is 2.77 bits per heavy atom. The fourth-order valence-electron chi connectivity index (χ4n) is 3.87. The van der Waals surface area contributed by atoms with Crippen molar-refractivity contribution in [2.45, 2.75) is 38.1 Å². The van der Waals surface area contributed by atoms with Gasteiger partial charge in [0, 0.05) is 18.2 Å². The van der Waals surface area contributed by atoms with Crippen molar-refractivity contribution in [2.75, 3.05) is 6.54 Å². The van der Waals surface area contributed by atoms with E-state index in [1.807, 2.05) is 18.5 Å². The van der Waals surface area contributed by atoms with E-state index in [1.54, 1.807) is 0 Å². The van der Waals surface area contributed by atoms with Crippen LogP contribution in [-0.4, -0.2) is 27.0 Å². The Labute approximate surface area is 160 Å². The molecule has 3 aliphatic heterocycles. The lowest BCUT2D eigenvalue weighted by molar-refractivity contribution is 0.278. The van der Waals surface area contributed by atoms with Crippen LogP contribution in [0, 0.1) is 5.92 Å². The second kappa shape index (κ2) is 9.12. The largest absolute Gasteiger partial charge is 0.412 e. The molecule has 4 N–H and O–H groups in total. The number of nitrogens with zero attached hydrogens (tertiary/aromatic N) is 2. The van der Waals surface area contributed by atoms with E-state index < -0.39 is 0 Å². The van der Waals surface area contributed by atoms with E-state index in [9.17, 15) is 0 Å². The third kappa shape index (κ3) is 4.41. The molecule has 0 radical (unpaired) electrons. The topological polar surface area (TPSA) is 85.1 Å². The molecule has 1 fully saturated rings. The second-order valence-corrected chi connectivity index (χ2v) is 6.96. The molecule has 5 nitrogen and oxygen atoms in total. The molecule has 3 atom stereocenters. The van der Waals surface area contributed by atoms with Gasteiger partial charge in [0.25, 0.3) is 0 Å². The molecule has 3 aliphatic rings. The summed E-state index contributed by atoms with van der Waals surface area (Å²) in [6.07, 6.45) is 7.33. The Bertz CT molecular complexity index is 763. The average Bonchev–Trinajstić information content (AvgIpc) is 3.10. The lowest BCUT2D eigenvalue weighted by Crippen LogP contribution is -2.32. The number of aromatic amines is 1. The number of H-pyrrole nitrogens is 1. The number of hydrogen-bond acceptors (Lipinski definition) is 3. The van der Waals surface area contributed by atoms with Gasteiger partial charge in [-0.15, -0.1) is 12.4 Å². The van der Waals surface area contributed by atoms with Crippen LogP contribution < -0.4 is 5.32 Å². The van der Waals surface area contributed by atoms with Crippen molar-refractivity contribution in [3.05, 3.63) is 60.2 Å². The van der Waals surface area contributed by atoms with E-state index in [0.717, 1.165) is 29.7 Å². The Balaban J connectivity index is 0.00000121. The molecule has 0 aliphatic carbocycles. The second-order valence-electron chi connectivity index (χ2n) is 6.96. The van der Waals surface area contributed by atoms with Crippen LogP contribution >= 0.6 is 12.4 Å². The number of aromatic nitrogens is 3. The molecule has 6 heteroatoms. The summed E-state index contributed by atoms with van der Waals surface area (Å²) in [5.74, 6) is 2.24. The van der Waals surface area contributed by atoms with E-state index in [1.165, 1.54) is 24.8 Å². The number of benzene rings is 1. The third-order valence-electron chi connectivity index (χ3n) is 5.19. The van der Waals surface area contributed by atoms with E-state index in [-0.39, 0.29) is 17.9 Å². The summed E-state index contributed by atoms with van der Waals surface area (Å²) in [7, 11) is 0. The Morgan fingerprint density at radius 1 is 1.15 bits per heavy atom. The fraction of sp³-hybridized carbons (Fsp3) is 0.400. The van der Waals surface area contributed by atoms with Gasteiger partial charge in [-0.2, -0.15) is 0 Å². The van der Waals surface area contributed by atoms with Crippen LogP contribution in [0.2, 0.25) is 0 Å². The summed E-state index contributed by atoms with van der Waals surface area (Å²) in [6, 6.07) is 13.3. The Hall–Kier alpha value is -1.95. The lowest BCUT2D eigenvalue weighted by atomic mass is 9.83. The summed E-state index contributed by atoms with van der Waals surface area (Å²) in [5.41, 5.74) is 3.43. The number of fused-ring (bicyclic) bond motifs is 1. The number of halogens is 1. The average molecular weight is 375 g/mol. The molecule has 140 valence electrons. The quantitative estimate of drug-likeness (QED) is 0.729. The third-order valence-corrected chi connectivity index (χ3v) is 5.19. The first kappa shape index (κ1) is 20.4. The molecule has 1 aromatic rings. The Morgan fingerprint density at radius 2 is 1.96 bits per heavy atom. The summed E-state index contributed by atoms with van der Waals surface area (Å²) >= 11 is 0. The molecule has 3 heterocycles. The van der Waals surface area contributed by atoms with E-state index >= 15 is 0 Å². The normalized spacial score (nSPS) is 20.8. The van der Waals surface area contributed by atoms with Crippen LogP contribution in [0.3, 0.4) is 0 Å². The van der Waals surface area contributed by atoms with E-state index in [2.05, 4.69) is 57.5 Å². The van der Waals surface area contributed by atoms with Gasteiger partial charge in [0.2, 0.25) is 0 Å². The van der Waals surface area contributed by atoms with Crippen LogP contribution in [-0.2, 0) is 0 Å². The highest BCUT2D eigenvalue weighted by Crippen LogP contribution is 2.33. The van der Waals surface area contributed by atoms with Crippen molar-refractivity contribution in [1.29, 1.82) is 0 Å². The maximum absolute atomic E-state index is 4.59. The van der Waals surface area contributed by atoms with Crippen molar-refractivity contribution in [3.63, 3.8) is 0 Å². The van der Waals surface area contributed by atoms with Crippen molar-refractivity contribution >= 4 is 12.4 Å². The zero-order valence-electron chi connectivity index (χ0n) is 15.0. The van der Waals surface area contributed by atoms with Crippen molar-refractivity contribution < 1.29 is 5.48 Å². The SMILES string of the molecule is CC(CC1CCNC(c2ccccc2)C1)c1ncc2nccc-2[nH]1.Cl.O. The molecule has 0 aromatic heterocycles. The lowest BCUT2D eigenvalue weighted by Gasteiger charge is -2.32. The zero-order valence-corrected chi connectivity index (χ0v) is 15.8. The maximum Gasteiger partial charge on any atom is 0.109 e. The minimum atomic E-state index is 0. The van der Waals surface area contributed by atoms with E-state index in [4.69, 9.17) is 0 Å². The van der Waals surface area contributed by atoms with Crippen molar-refractivity contribution in [1.82, 2.24) is 20.3 Å². The van der Waals surface area contributed by atoms with Crippen molar-refractivity contribution in [2.24, 2.45) is 5.92 Å². The summed E-state index contributed by atoms with van der Waals surface area (Å²) < 4.78 is 0. The first-order valence-electron chi connectivity index (χ1n) is 8.87. The Kier molecular flexibility index (Phi) is 7.14. The van der Waals surface area contributed by atoms with Crippen LogP contribution in [0.1, 0.15) is 49.5 Å². The standard InChI is InChI=1S/C20H24N4.ClH.H2O/c1-14(20-23-13-19-17(24-20)8-10-22-19)11-15-7-9-21-18(12-15)16-5-3-2-4-6-16;;/h2-6,8,10,13-15,18,21H,7,9,11-12H2,1H3,(H,23,24);1H;1H2. The van der Waals surface area contributed by atoms with Crippen LogP contribution in [0.25, 0.3) is 11.4 Å². The van der Waals surface area contributed by atoms with Crippen LogP contribution in [0.4, 0.5) is 0 Å².